The molecule has 0 spiro atoms. The molecule has 0 heterocycles. The average molecular weight is 294 g/mol. The molecule has 1 aliphatic rings. The second-order valence-electron chi connectivity index (χ2n) is 5.91. The van der Waals surface area contributed by atoms with Crippen LogP contribution >= 0.6 is 0 Å². The van der Waals surface area contributed by atoms with E-state index < -0.39 is 11.5 Å². The number of carbonyl (C=O) groups excluding carboxylic acids is 1. The Morgan fingerprint density at radius 2 is 1.95 bits per heavy atom. The fourth-order valence-corrected chi connectivity index (χ4v) is 2.86. The Bertz CT molecular complexity index is 497. The van der Waals surface area contributed by atoms with E-state index in [1.165, 1.54) is 18.2 Å². The molecule has 1 aromatic rings. The summed E-state index contributed by atoms with van der Waals surface area (Å²) in [6, 6.07) is 4.08. The van der Waals surface area contributed by atoms with Gasteiger partial charge in [-0.15, -0.1) is 0 Å². The number of hydrogen-bond acceptors (Lipinski definition) is 3. The molecule has 0 unspecified atom stereocenters. The minimum absolute atomic E-state index is 0.273. The summed E-state index contributed by atoms with van der Waals surface area (Å²) >= 11 is 0. The number of benzene rings is 1. The Labute approximate surface area is 124 Å². The maximum atomic E-state index is 13.7. The number of halogens is 1. The summed E-state index contributed by atoms with van der Waals surface area (Å²) in [5.74, 6) is -0.945. The second kappa shape index (κ2) is 7.00. The molecule has 0 saturated heterocycles. The molecule has 1 amide bonds. The van der Waals surface area contributed by atoms with Crippen LogP contribution in [0.5, 0.6) is 0 Å². The third kappa shape index (κ3) is 4.51. The van der Waals surface area contributed by atoms with Gasteiger partial charge < -0.3 is 16.2 Å². The molecule has 1 aliphatic carbocycles. The van der Waals surface area contributed by atoms with Crippen molar-refractivity contribution in [2.75, 3.05) is 6.54 Å². The first-order chi connectivity index (χ1) is 10.0. The lowest BCUT2D eigenvalue weighted by atomic mass is 9.94. The predicted octanol–water partition coefficient (Wildman–Crippen LogP) is 2.10. The van der Waals surface area contributed by atoms with E-state index in [4.69, 9.17) is 5.73 Å². The van der Waals surface area contributed by atoms with Crippen LogP contribution in [0.25, 0.3) is 0 Å². The van der Waals surface area contributed by atoms with Crippen LogP contribution in [0.3, 0.4) is 0 Å². The maximum absolute atomic E-state index is 13.7. The lowest BCUT2D eigenvalue weighted by Gasteiger charge is -2.27. The molecular weight excluding hydrogens is 271 g/mol. The van der Waals surface area contributed by atoms with Crippen molar-refractivity contribution in [2.24, 2.45) is 5.73 Å². The maximum Gasteiger partial charge on any atom is 0.248 e. The van der Waals surface area contributed by atoms with E-state index in [1.54, 1.807) is 0 Å². The van der Waals surface area contributed by atoms with Crippen LogP contribution in [-0.4, -0.2) is 23.2 Å². The van der Waals surface area contributed by atoms with E-state index in [0.29, 0.717) is 17.7 Å². The number of amides is 1. The van der Waals surface area contributed by atoms with Gasteiger partial charge in [0.05, 0.1) is 5.60 Å². The molecule has 0 aliphatic heterocycles. The van der Waals surface area contributed by atoms with Gasteiger partial charge in [-0.3, -0.25) is 4.79 Å². The zero-order chi connectivity index (χ0) is 15.3. The Morgan fingerprint density at radius 1 is 1.29 bits per heavy atom. The highest BCUT2D eigenvalue weighted by Gasteiger charge is 2.27. The van der Waals surface area contributed by atoms with Gasteiger partial charge in [0, 0.05) is 24.2 Å². The second-order valence-corrected chi connectivity index (χ2v) is 5.91. The van der Waals surface area contributed by atoms with Crippen molar-refractivity contribution in [3.8, 4) is 0 Å². The van der Waals surface area contributed by atoms with Gasteiger partial charge in [0.1, 0.15) is 5.82 Å². The largest absolute Gasteiger partial charge is 0.389 e. The van der Waals surface area contributed by atoms with E-state index in [-0.39, 0.29) is 12.4 Å². The van der Waals surface area contributed by atoms with E-state index in [0.717, 1.165) is 38.5 Å². The first-order valence-corrected chi connectivity index (χ1v) is 7.51. The van der Waals surface area contributed by atoms with Crippen LogP contribution in [0.1, 0.15) is 54.4 Å². The first-order valence-electron chi connectivity index (χ1n) is 7.51. The van der Waals surface area contributed by atoms with E-state index in [1.807, 2.05) is 0 Å². The Morgan fingerprint density at radius 3 is 2.57 bits per heavy atom. The van der Waals surface area contributed by atoms with Gasteiger partial charge in [0.25, 0.3) is 0 Å². The predicted molar refractivity (Wildman–Crippen MR) is 79.3 cm³/mol. The van der Waals surface area contributed by atoms with Crippen molar-refractivity contribution in [3.63, 3.8) is 0 Å². The number of hydrogen-bond donors (Lipinski definition) is 3. The van der Waals surface area contributed by atoms with Crippen molar-refractivity contribution in [1.29, 1.82) is 0 Å². The molecular formula is C16H23FN2O2. The minimum Gasteiger partial charge on any atom is -0.389 e. The van der Waals surface area contributed by atoms with Crippen molar-refractivity contribution in [2.45, 2.75) is 50.7 Å². The molecule has 21 heavy (non-hydrogen) atoms. The number of nitrogens with one attached hydrogen (secondary N) is 1. The summed E-state index contributed by atoms with van der Waals surface area (Å²) in [4.78, 5) is 11.1. The van der Waals surface area contributed by atoms with Crippen LogP contribution in [0.4, 0.5) is 4.39 Å². The SMILES string of the molecule is NC(=O)c1ccc(F)c(CNCC2(O)CCCCCC2)c1. The third-order valence-corrected chi connectivity index (χ3v) is 4.13. The molecule has 0 bridgehead atoms. The van der Waals surface area contributed by atoms with Crippen LogP contribution < -0.4 is 11.1 Å². The molecule has 4 N–H and O–H groups in total. The summed E-state index contributed by atoms with van der Waals surface area (Å²) < 4.78 is 13.7. The van der Waals surface area contributed by atoms with Gasteiger partial charge in [-0.25, -0.2) is 4.39 Å². The molecule has 1 saturated carbocycles. The summed E-state index contributed by atoms with van der Waals surface area (Å²) in [6.07, 6.45) is 5.95. The zero-order valence-corrected chi connectivity index (χ0v) is 12.2. The average Bonchev–Trinajstić information content (AvgIpc) is 2.66. The standard InChI is InChI=1S/C16H23FN2O2/c17-14-6-5-12(15(18)20)9-13(14)10-19-11-16(21)7-3-1-2-4-8-16/h5-6,9,19,21H,1-4,7-8,10-11H2,(H2,18,20). The van der Waals surface area contributed by atoms with Crippen molar-refractivity contribution in [1.82, 2.24) is 5.32 Å². The molecule has 1 aromatic carbocycles. The molecule has 0 atom stereocenters. The normalized spacial score (nSPS) is 18.2. The highest BCUT2D eigenvalue weighted by Crippen LogP contribution is 2.26. The lowest BCUT2D eigenvalue weighted by molar-refractivity contribution is 0.0250. The third-order valence-electron chi connectivity index (χ3n) is 4.13. The van der Waals surface area contributed by atoms with Crippen molar-refractivity contribution in [3.05, 3.63) is 35.1 Å². The smallest absolute Gasteiger partial charge is 0.248 e. The van der Waals surface area contributed by atoms with E-state index >= 15 is 0 Å². The molecule has 0 radical (unpaired) electrons. The van der Waals surface area contributed by atoms with E-state index in [9.17, 15) is 14.3 Å². The van der Waals surface area contributed by atoms with Gasteiger partial charge in [0.2, 0.25) is 5.91 Å². The molecule has 2 rings (SSSR count). The number of aliphatic hydroxyl groups is 1. The van der Waals surface area contributed by atoms with E-state index in [2.05, 4.69) is 5.32 Å². The fraction of sp³-hybridized carbons (Fsp3) is 0.562. The Hall–Kier alpha value is -1.46. The molecule has 1 fully saturated rings. The molecule has 0 aromatic heterocycles. The Balaban J connectivity index is 1.93. The topological polar surface area (TPSA) is 75.4 Å². The van der Waals surface area contributed by atoms with Gasteiger partial charge in [-0.1, -0.05) is 25.7 Å². The van der Waals surface area contributed by atoms with Crippen molar-refractivity contribution >= 4 is 5.91 Å². The fourth-order valence-electron chi connectivity index (χ4n) is 2.86. The van der Waals surface area contributed by atoms with Crippen LogP contribution in [0, 0.1) is 5.82 Å². The number of carbonyl (C=O) groups is 1. The number of primary amides is 1. The lowest BCUT2D eigenvalue weighted by Crippen LogP contribution is -2.40. The van der Waals surface area contributed by atoms with Crippen molar-refractivity contribution < 1.29 is 14.3 Å². The summed E-state index contributed by atoms with van der Waals surface area (Å²) in [5, 5.41) is 13.6. The Kier molecular flexibility index (Phi) is 5.31. The van der Waals surface area contributed by atoms with Gasteiger partial charge in [-0.05, 0) is 31.0 Å². The first kappa shape index (κ1) is 15.9. The number of rotatable bonds is 5. The van der Waals surface area contributed by atoms with Gasteiger partial charge in [0.15, 0.2) is 0 Å². The van der Waals surface area contributed by atoms with Gasteiger partial charge in [-0.2, -0.15) is 0 Å². The van der Waals surface area contributed by atoms with Gasteiger partial charge >= 0.3 is 0 Å². The highest BCUT2D eigenvalue weighted by atomic mass is 19.1. The highest BCUT2D eigenvalue weighted by molar-refractivity contribution is 5.92. The number of nitrogens with two attached hydrogens (primary N) is 1. The quantitative estimate of drug-likeness (QED) is 0.728. The summed E-state index contributed by atoms with van der Waals surface area (Å²) in [5.41, 5.74) is 5.18. The zero-order valence-electron chi connectivity index (χ0n) is 12.2. The summed E-state index contributed by atoms with van der Waals surface area (Å²) in [7, 11) is 0. The molecule has 116 valence electrons. The minimum atomic E-state index is -0.700. The molecule has 4 nitrogen and oxygen atoms in total. The summed E-state index contributed by atoms with van der Waals surface area (Å²) in [6.45, 7) is 0.711. The van der Waals surface area contributed by atoms with Crippen LogP contribution in [-0.2, 0) is 6.54 Å². The van der Waals surface area contributed by atoms with Crippen LogP contribution in [0.15, 0.2) is 18.2 Å². The molecule has 5 heteroatoms. The monoisotopic (exact) mass is 294 g/mol. The van der Waals surface area contributed by atoms with Crippen LogP contribution in [0.2, 0.25) is 0 Å².